The Bertz CT molecular complexity index is 403. The van der Waals surface area contributed by atoms with Crippen LogP contribution in [0.5, 0.6) is 0 Å². The van der Waals surface area contributed by atoms with Crippen LogP contribution in [0.3, 0.4) is 0 Å². The molecule has 1 aromatic carbocycles. The normalized spacial score (nSPS) is 19.3. The van der Waals surface area contributed by atoms with E-state index in [-0.39, 0.29) is 0 Å². The lowest BCUT2D eigenvalue weighted by molar-refractivity contribution is 0.0381. The fourth-order valence-electron chi connectivity index (χ4n) is 2.46. The lowest BCUT2D eigenvalue weighted by Crippen LogP contribution is -2.36. The number of benzene rings is 1. The number of aliphatic hydroxyl groups is 1. The molecule has 0 radical (unpaired) electrons. The molecular weight excluding hydrogens is 361 g/mol. The molecule has 0 aliphatic heterocycles. The van der Waals surface area contributed by atoms with Crippen molar-refractivity contribution in [2.45, 2.75) is 44.1 Å². The maximum Gasteiger partial charge on any atom is 0.0819 e. The van der Waals surface area contributed by atoms with Crippen molar-refractivity contribution in [3.05, 3.63) is 26.8 Å². The Kier molecular flexibility index (Phi) is 5.15. The molecule has 2 nitrogen and oxygen atoms in total. The van der Waals surface area contributed by atoms with Crippen LogP contribution in [0.25, 0.3) is 0 Å². The number of anilines is 1. The monoisotopic (exact) mass is 379 g/mol. The molecule has 2 rings (SSSR count). The largest absolute Gasteiger partial charge is 0.388 e. The van der Waals surface area contributed by atoms with E-state index in [2.05, 4.69) is 27.9 Å². The van der Waals surface area contributed by atoms with Crippen LogP contribution < -0.4 is 5.32 Å². The van der Waals surface area contributed by atoms with Gasteiger partial charge in [-0.3, -0.25) is 0 Å². The van der Waals surface area contributed by atoms with Crippen molar-refractivity contribution in [2.75, 3.05) is 11.9 Å². The van der Waals surface area contributed by atoms with Gasteiger partial charge in [-0.15, -0.1) is 0 Å². The van der Waals surface area contributed by atoms with Crippen LogP contribution in [0.1, 0.15) is 38.5 Å². The Hall–Kier alpha value is -0.0000000000000000555. The first-order valence-corrected chi connectivity index (χ1v) is 7.96. The van der Waals surface area contributed by atoms with E-state index in [1.807, 2.05) is 18.2 Å². The molecule has 1 fully saturated rings. The molecule has 0 spiro atoms. The SMILES string of the molecule is OC1(CNc2ccc(I)cc2Cl)CCCCCC1. The van der Waals surface area contributed by atoms with E-state index in [4.69, 9.17) is 11.6 Å². The van der Waals surface area contributed by atoms with Gasteiger partial charge in [0.15, 0.2) is 0 Å². The number of rotatable bonds is 3. The van der Waals surface area contributed by atoms with Gasteiger partial charge in [0.05, 0.1) is 16.3 Å². The molecule has 18 heavy (non-hydrogen) atoms. The molecule has 0 unspecified atom stereocenters. The van der Waals surface area contributed by atoms with Crippen molar-refractivity contribution in [3.8, 4) is 0 Å². The molecular formula is C14H19ClINO. The third-order valence-electron chi connectivity index (χ3n) is 3.57. The molecule has 0 bridgehead atoms. The Balaban J connectivity index is 1.97. The number of nitrogens with one attached hydrogen (secondary N) is 1. The van der Waals surface area contributed by atoms with E-state index < -0.39 is 5.60 Å². The van der Waals surface area contributed by atoms with E-state index in [9.17, 15) is 5.11 Å². The molecule has 1 saturated carbocycles. The van der Waals surface area contributed by atoms with Crippen LogP contribution in [-0.4, -0.2) is 17.3 Å². The molecule has 0 aromatic heterocycles. The lowest BCUT2D eigenvalue weighted by atomic mass is 9.94. The highest BCUT2D eigenvalue weighted by molar-refractivity contribution is 14.1. The van der Waals surface area contributed by atoms with Gasteiger partial charge in [0.2, 0.25) is 0 Å². The topological polar surface area (TPSA) is 32.3 Å². The molecule has 0 amide bonds. The Morgan fingerprint density at radius 2 is 1.89 bits per heavy atom. The van der Waals surface area contributed by atoms with Crippen molar-refractivity contribution in [2.24, 2.45) is 0 Å². The molecule has 1 aliphatic carbocycles. The van der Waals surface area contributed by atoms with Crippen LogP contribution in [0.15, 0.2) is 18.2 Å². The third-order valence-corrected chi connectivity index (χ3v) is 4.56. The minimum Gasteiger partial charge on any atom is -0.388 e. The van der Waals surface area contributed by atoms with Gasteiger partial charge in [-0.2, -0.15) is 0 Å². The first-order chi connectivity index (χ1) is 8.59. The summed E-state index contributed by atoms with van der Waals surface area (Å²) in [5.74, 6) is 0. The van der Waals surface area contributed by atoms with Crippen LogP contribution in [0.2, 0.25) is 5.02 Å². The maximum atomic E-state index is 10.6. The quantitative estimate of drug-likeness (QED) is 0.601. The molecule has 1 aromatic rings. The molecule has 1 aliphatic rings. The van der Waals surface area contributed by atoms with E-state index in [1.54, 1.807) is 0 Å². The third kappa shape index (κ3) is 4.00. The van der Waals surface area contributed by atoms with Gasteiger partial charge in [0.25, 0.3) is 0 Å². The fraction of sp³-hybridized carbons (Fsp3) is 0.571. The summed E-state index contributed by atoms with van der Waals surface area (Å²) >= 11 is 8.42. The first-order valence-electron chi connectivity index (χ1n) is 6.50. The minimum atomic E-state index is -0.567. The highest BCUT2D eigenvalue weighted by Crippen LogP contribution is 2.29. The maximum absolute atomic E-state index is 10.6. The van der Waals surface area contributed by atoms with Crippen LogP contribution in [-0.2, 0) is 0 Å². The molecule has 2 N–H and O–H groups in total. The molecule has 0 atom stereocenters. The standard InChI is InChI=1S/C14H19ClINO/c15-12-9-11(16)5-6-13(12)17-10-14(18)7-3-1-2-4-8-14/h5-6,9,17-18H,1-4,7-8,10H2. The van der Waals surface area contributed by atoms with Gasteiger partial charge in [-0.1, -0.05) is 37.3 Å². The molecule has 4 heteroatoms. The summed E-state index contributed by atoms with van der Waals surface area (Å²) in [4.78, 5) is 0. The van der Waals surface area contributed by atoms with Gasteiger partial charge < -0.3 is 10.4 Å². The van der Waals surface area contributed by atoms with Crippen LogP contribution >= 0.6 is 34.2 Å². The van der Waals surface area contributed by atoms with Gasteiger partial charge in [0.1, 0.15) is 0 Å². The zero-order valence-electron chi connectivity index (χ0n) is 10.4. The second-order valence-electron chi connectivity index (χ2n) is 5.12. The summed E-state index contributed by atoms with van der Waals surface area (Å²) in [6.07, 6.45) is 6.51. The predicted octanol–water partition coefficient (Wildman–Crippen LogP) is 4.44. The number of hydrogen-bond donors (Lipinski definition) is 2. The highest BCUT2D eigenvalue weighted by atomic mass is 127. The van der Waals surface area contributed by atoms with Crippen molar-refractivity contribution >= 4 is 39.9 Å². The summed E-state index contributed by atoms with van der Waals surface area (Å²) < 4.78 is 1.12. The average Bonchev–Trinajstić information content (AvgIpc) is 2.54. The van der Waals surface area contributed by atoms with E-state index in [1.165, 1.54) is 12.8 Å². The lowest BCUT2D eigenvalue weighted by Gasteiger charge is -2.27. The van der Waals surface area contributed by atoms with E-state index in [0.717, 1.165) is 40.0 Å². The van der Waals surface area contributed by atoms with Crippen molar-refractivity contribution in [1.82, 2.24) is 0 Å². The summed E-state index contributed by atoms with van der Waals surface area (Å²) in [5, 5.41) is 14.6. The van der Waals surface area contributed by atoms with E-state index in [0.29, 0.717) is 6.54 Å². The summed E-state index contributed by atoms with van der Waals surface area (Å²) in [6.45, 7) is 0.591. The Morgan fingerprint density at radius 3 is 2.50 bits per heavy atom. The molecule has 0 heterocycles. The van der Waals surface area contributed by atoms with E-state index >= 15 is 0 Å². The zero-order chi connectivity index (χ0) is 13.0. The van der Waals surface area contributed by atoms with Crippen LogP contribution in [0.4, 0.5) is 5.69 Å². The van der Waals surface area contributed by atoms with Gasteiger partial charge in [-0.25, -0.2) is 0 Å². The van der Waals surface area contributed by atoms with Crippen molar-refractivity contribution in [1.29, 1.82) is 0 Å². The predicted molar refractivity (Wildman–Crippen MR) is 85.3 cm³/mol. The molecule has 100 valence electrons. The second kappa shape index (κ2) is 6.44. The van der Waals surface area contributed by atoms with Crippen molar-refractivity contribution in [3.63, 3.8) is 0 Å². The Labute approximate surface area is 127 Å². The smallest absolute Gasteiger partial charge is 0.0819 e. The van der Waals surface area contributed by atoms with Crippen LogP contribution in [0, 0.1) is 3.57 Å². The first kappa shape index (κ1) is 14.4. The molecule has 0 saturated heterocycles. The summed E-state index contributed by atoms with van der Waals surface area (Å²) in [5.41, 5.74) is 0.345. The minimum absolute atomic E-state index is 0.567. The van der Waals surface area contributed by atoms with Crippen molar-refractivity contribution < 1.29 is 5.11 Å². The average molecular weight is 380 g/mol. The Morgan fingerprint density at radius 1 is 1.22 bits per heavy atom. The highest BCUT2D eigenvalue weighted by Gasteiger charge is 2.27. The van der Waals surface area contributed by atoms with Gasteiger partial charge in [0, 0.05) is 10.1 Å². The summed E-state index contributed by atoms with van der Waals surface area (Å²) in [6, 6.07) is 5.93. The summed E-state index contributed by atoms with van der Waals surface area (Å²) in [7, 11) is 0. The number of hydrogen-bond acceptors (Lipinski definition) is 2. The second-order valence-corrected chi connectivity index (χ2v) is 6.77. The van der Waals surface area contributed by atoms with Gasteiger partial charge >= 0.3 is 0 Å². The zero-order valence-corrected chi connectivity index (χ0v) is 13.3. The fourth-order valence-corrected chi connectivity index (χ4v) is 3.38. The number of halogens is 2. The van der Waals surface area contributed by atoms with Gasteiger partial charge in [-0.05, 0) is 53.6 Å².